The third-order valence-electron chi connectivity index (χ3n) is 5.24. The number of benzene rings is 2. The lowest BCUT2D eigenvalue weighted by Gasteiger charge is -2.17. The lowest BCUT2D eigenvalue weighted by Crippen LogP contribution is -2.33. The summed E-state index contributed by atoms with van der Waals surface area (Å²) in [6.45, 7) is 3.92. The second-order valence-electron chi connectivity index (χ2n) is 6.83. The number of carbonyl (C=O) groups excluding carboxylic acids is 2. The second-order valence-corrected chi connectivity index (χ2v) is 6.83. The van der Waals surface area contributed by atoms with Gasteiger partial charge in [0.15, 0.2) is 11.5 Å². The maximum Gasteiger partial charge on any atom is 0.278 e. The van der Waals surface area contributed by atoms with Crippen LogP contribution < -0.4 is 14.4 Å². The number of fused-ring (bicyclic) bond motifs is 1. The van der Waals surface area contributed by atoms with Gasteiger partial charge in [0.25, 0.3) is 5.91 Å². The van der Waals surface area contributed by atoms with Crippen molar-refractivity contribution < 1.29 is 23.9 Å². The SMILES string of the molecule is COc1ccc(C2=NO[C@@H]3C(=O)N(c4ccc(C)c(C)c4)C(=O)[C@@H]23)cc1OC. The van der Waals surface area contributed by atoms with E-state index in [0.29, 0.717) is 28.5 Å². The standard InChI is InChI=1S/C21H20N2O5/c1-11-5-7-14(9-12(11)2)23-20(24)17-18(22-28-19(17)21(23)25)13-6-8-15(26-3)16(10-13)27-4/h5-10,17,19H,1-4H3/t17-,19-/m0/s1. The highest BCUT2D eigenvalue weighted by Gasteiger charge is 2.56. The first-order valence-electron chi connectivity index (χ1n) is 8.87. The van der Waals surface area contributed by atoms with Crippen LogP contribution in [0.25, 0.3) is 0 Å². The molecule has 2 aliphatic rings. The summed E-state index contributed by atoms with van der Waals surface area (Å²) < 4.78 is 10.6. The Morgan fingerprint density at radius 3 is 2.36 bits per heavy atom. The highest BCUT2D eigenvalue weighted by Crippen LogP contribution is 2.37. The zero-order valence-electron chi connectivity index (χ0n) is 16.1. The van der Waals surface area contributed by atoms with Crippen LogP contribution in [0, 0.1) is 19.8 Å². The molecule has 2 aromatic rings. The first-order valence-corrected chi connectivity index (χ1v) is 8.87. The smallest absolute Gasteiger partial charge is 0.278 e. The second kappa shape index (κ2) is 6.67. The summed E-state index contributed by atoms with van der Waals surface area (Å²) in [5.41, 5.74) is 3.70. The Morgan fingerprint density at radius 2 is 1.68 bits per heavy atom. The maximum absolute atomic E-state index is 13.1. The first kappa shape index (κ1) is 18.0. The Kier molecular flexibility index (Phi) is 4.30. The molecule has 1 saturated heterocycles. The predicted octanol–water partition coefficient (Wildman–Crippen LogP) is 2.61. The minimum atomic E-state index is -0.947. The average molecular weight is 380 g/mol. The number of hydrogen-bond donors (Lipinski definition) is 0. The van der Waals surface area contributed by atoms with Gasteiger partial charge in [-0.25, -0.2) is 4.90 Å². The van der Waals surface area contributed by atoms with Gasteiger partial charge in [0.05, 0.1) is 19.9 Å². The maximum atomic E-state index is 13.1. The molecule has 2 aliphatic heterocycles. The number of nitrogens with zero attached hydrogens (tertiary/aromatic N) is 2. The van der Waals surface area contributed by atoms with Gasteiger partial charge >= 0.3 is 0 Å². The number of hydrogen-bond acceptors (Lipinski definition) is 6. The van der Waals surface area contributed by atoms with E-state index in [4.69, 9.17) is 14.3 Å². The van der Waals surface area contributed by atoms with E-state index in [1.807, 2.05) is 26.0 Å². The normalized spacial score (nSPS) is 20.7. The van der Waals surface area contributed by atoms with Crippen LogP contribution in [-0.4, -0.2) is 37.8 Å². The third kappa shape index (κ3) is 2.62. The quantitative estimate of drug-likeness (QED) is 0.762. The van der Waals surface area contributed by atoms with Gasteiger partial charge in [-0.05, 0) is 55.3 Å². The molecular formula is C21H20N2O5. The van der Waals surface area contributed by atoms with Crippen molar-refractivity contribution in [2.24, 2.45) is 11.1 Å². The molecule has 28 heavy (non-hydrogen) atoms. The first-order chi connectivity index (χ1) is 13.5. The molecule has 1 fully saturated rings. The molecule has 0 bridgehead atoms. The molecular weight excluding hydrogens is 360 g/mol. The van der Waals surface area contributed by atoms with Crippen LogP contribution >= 0.6 is 0 Å². The minimum absolute atomic E-state index is 0.343. The summed E-state index contributed by atoms with van der Waals surface area (Å²) in [7, 11) is 3.08. The Bertz CT molecular complexity index is 1010. The number of amides is 2. The third-order valence-corrected chi connectivity index (χ3v) is 5.24. The molecule has 7 heteroatoms. The van der Waals surface area contributed by atoms with E-state index in [1.165, 1.54) is 12.0 Å². The van der Waals surface area contributed by atoms with Crippen LogP contribution in [0.2, 0.25) is 0 Å². The van der Waals surface area contributed by atoms with E-state index in [9.17, 15) is 9.59 Å². The van der Waals surface area contributed by atoms with Gasteiger partial charge in [-0.3, -0.25) is 9.59 Å². The van der Waals surface area contributed by atoms with E-state index in [0.717, 1.165) is 11.1 Å². The van der Waals surface area contributed by atoms with Crippen molar-refractivity contribution in [3.05, 3.63) is 53.1 Å². The zero-order valence-corrected chi connectivity index (χ0v) is 16.1. The molecule has 0 unspecified atom stereocenters. The van der Waals surface area contributed by atoms with Crippen molar-refractivity contribution >= 4 is 23.2 Å². The summed E-state index contributed by atoms with van der Waals surface area (Å²) in [6, 6.07) is 10.7. The number of oxime groups is 1. The summed E-state index contributed by atoms with van der Waals surface area (Å²) in [6.07, 6.45) is -0.947. The highest BCUT2D eigenvalue weighted by molar-refractivity contribution is 6.32. The van der Waals surface area contributed by atoms with Gasteiger partial charge < -0.3 is 14.3 Å². The molecule has 0 radical (unpaired) electrons. The number of methoxy groups -OCH3 is 2. The van der Waals surface area contributed by atoms with Gasteiger partial charge in [0.2, 0.25) is 12.0 Å². The van der Waals surface area contributed by atoms with Gasteiger partial charge in [-0.2, -0.15) is 0 Å². The number of anilines is 1. The summed E-state index contributed by atoms with van der Waals surface area (Å²) in [5.74, 6) is -0.462. The van der Waals surface area contributed by atoms with E-state index in [-0.39, 0.29) is 5.91 Å². The van der Waals surface area contributed by atoms with Crippen molar-refractivity contribution in [3.63, 3.8) is 0 Å². The van der Waals surface area contributed by atoms with Crippen LogP contribution in [0.15, 0.2) is 41.6 Å². The number of aryl methyl sites for hydroxylation is 2. The molecule has 2 aromatic carbocycles. The van der Waals surface area contributed by atoms with Gasteiger partial charge in [-0.15, -0.1) is 0 Å². The fourth-order valence-corrected chi connectivity index (χ4v) is 3.53. The fraction of sp³-hybridized carbons (Fsp3) is 0.286. The monoisotopic (exact) mass is 380 g/mol. The Labute approximate surface area is 162 Å². The molecule has 2 heterocycles. The fourth-order valence-electron chi connectivity index (χ4n) is 3.53. The molecule has 0 aliphatic carbocycles. The molecule has 0 N–H and O–H groups in total. The lowest BCUT2D eigenvalue weighted by molar-refractivity contribution is -0.126. The van der Waals surface area contributed by atoms with Gasteiger partial charge in [-0.1, -0.05) is 11.2 Å². The molecule has 2 atom stereocenters. The summed E-state index contributed by atoms with van der Waals surface area (Å²) in [4.78, 5) is 32.6. The molecule has 144 valence electrons. The van der Waals surface area contributed by atoms with Crippen LogP contribution in [0.3, 0.4) is 0 Å². The van der Waals surface area contributed by atoms with Crippen LogP contribution in [0.1, 0.15) is 16.7 Å². The van der Waals surface area contributed by atoms with Crippen molar-refractivity contribution in [1.82, 2.24) is 0 Å². The molecule has 7 nitrogen and oxygen atoms in total. The lowest BCUT2D eigenvalue weighted by atomic mass is 9.94. The molecule has 4 rings (SSSR count). The highest BCUT2D eigenvalue weighted by atomic mass is 16.7. The summed E-state index contributed by atoms with van der Waals surface area (Å²) >= 11 is 0. The van der Waals surface area contributed by atoms with E-state index in [1.54, 1.807) is 31.4 Å². The predicted molar refractivity (Wildman–Crippen MR) is 103 cm³/mol. The summed E-state index contributed by atoms with van der Waals surface area (Å²) in [5, 5.41) is 4.03. The molecule has 2 amide bonds. The van der Waals surface area contributed by atoms with Crippen LogP contribution in [0.4, 0.5) is 5.69 Å². The topological polar surface area (TPSA) is 77.4 Å². The number of ether oxygens (including phenoxy) is 2. The minimum Gasteiger partial charge on any atom is -0.493 e. The van der Waals surface area contributed by atoms with Crippen LogP contribution in [-0.2, 0) is 14.4 Å². The van der Waals surface area contributed by atoms with Crippen molar-refractivity contribution in [2.75, 3.05) is 19.1 Å². The number of carbonyl (C=O) groups is 2. The zero-order chi connectivity index (χ0) is 20.0. The van der Waals surface area contributed by atoms with Crippen LogP contribution in [0.5, 0.6) is 11.5 Å². The van der Waals surface area contributed by atoms with Gasteiger partial charge in [0.1, 0.15) is 11.6 Å². The van der Waals surface area contributed by atoms with E-state index >= 15 is 0 Å². The Morgan fingerprint density at radius 1 is 0.929 bits per heavy atom. The number of imide groups is 1. The van der Waals surface area contributed by atoms with Crippen molar-refractivity contribution in [1.29, 1.82) is 0 Å². The molecule has 0 aromatic heterocycles. The average Bonchev–Trinajstić information content (AvgIpc) is 3.24. The largest absolute Gasteiger partial charge is 0.493 e. The molecule has 0 saturated carbocycles. The van der Waals surface area contributed by atoms with E-state index in [2.05, 4.69) is 5.16 Å². The Balaban J connectivity index is 1.70. The number of rotatable bonds is 4. The van der Waals surface area contributed by atoms with E-state index < -0.39 is 17.9 Å². The van der Waals surface area contributed by atoms with Crippen molar-refractivity contribution in [2.45, 2.75) is 20.0 Å². The molecule has 0 spiro atoms. The Hall–Kier alpha value is -3.35. The van der Waals surface area contributed by atoms with Gasteiger partial charge in [0, 0.05) is 5.56 Å². The van der Waals surface area contributed by atoms with Crippen molar-refractivity contribution in [3.8, 4) is 11.5 Å².